The van der Waals surface area contributed by atoms with Crippen molar-refractivity contribution < 1.29 is 9.90 Å². The van der Waals surface area contributed by atoms with Crippen LogP contribution in [0.5, 0.6) is 0 Å². The second kappa shape index (κ2) is 6.58. The average Bonchev–Trinajstić information content (AvgIpc) is 2.82. The molecular weight excluding hydrogens is 268 g/mol. The van der Waals surface area contributed by atoms with Gasteiger partial charge in [0.05, 0.1) is 12.1 Å². The lowest BCUT2D eigenvalue weighted by molar-refractivity contribution is -0.130. The Labute approximate surface area is 126 Å². The van der Waals surface area contributed by atoms with E-state index in [0.29, 0.717) is 19.4 Å². The van der Waals surface area contributed by atoms with Gasteiger partial charge in [-0.05, 0) is 25.8 Å². The third-order valence-corrected chi connectivity index (χ3v) is 4.22. The number of hydrogen-bond acceptors (Lipinski definition) is 4. The molecule has 1 saturated heterocycles. The summed E-state index contributed by atoms with van der Waals surface area (Å²) in [7, 11) is 5.48. The van der Waals surface area contributed by atoms with Crippen LogP contribution in [0.1, 0.15) is 31.5 Å². The Bertz CT molecular complexity index is 486. The van der Waals surface area contributed by atoms with Crippen LogP contribution in [0.15, 0.2) is 12.4 Å². The predicted molar refractivity (Wildman–Crippen MR) is 80.6 cm³/mol. The fourth-order valence-corrected chi connectivity index (χ4v) is 2.86. The fraction of sp³-hybridized carbons (Fsp3) is 0.733. The van der Waals surface area contributed by atoms with Crippen LogP contribution in [0.3, 0.4) is 0 Å². The highest BCUT2D eigenvalue weighted by Gasteiger charge is 2.33. The van der Waals surface area contributed by atoms with Gasteiger partial charge in [0.1, 0.15) is 5.82 Å². The van der Waals surface area contributed by atoms with Crippen molar-refractivity contribution in [3.63, 3.8) is 0 Å². The summed E-state index contributed by atoms with van der Waals surface area (Å²) < 4.78 is 2.00. The smallest absolute Gasteiger partial charge is 0.222 e. The molecule has 118 valence electrons. The Morgan fingerprint density at radius 3 is 2.90 bits per heavy atom. The van der Waals surface area contributed by atoms with E-state index in [1.165, 1.54) is 0 Å². The van der Waals surface area contributed by atoms with Crippen molar-refractivity contribution in [2.24, 2.45) is 7.05 Å². The number of amides is 1. The molecule has 0 bridgehead atoms. The predicted octanol–water partition coefficient (Wildman–Crippen LogP) is 0.615. The first-order valence-corrected chi connectivity index (χ1v) is 7.51. The number of hydrogen-bond donors (Lipinski definition) is 1. The first-order valence-electron chi connectivity index (χ1n) is 7.51. The van der Waals surface area contributed by atoms with Crippen LogP contribution in [0.2, 0.25) is 0 Å². The maximum atomic E-state index is 11.7. The topological polar surface area (TPSA) is 61.6 Å². The van der Waals surface area contributed by atoms with Gasteiger partial charge in [-0.2, -0.15) is 0 Å². The number of nitrogens with zero attached hydrogens (tertiary/aromatic N) is 4. The molecule has 1 N–H and O–H groups in total. The molecule has 2 heterocycles. The summed E-state index contributed by atoms with van der Waals surface area (Å²) >= 11 is 0. The highest BCUT2D eigenvalue weighted by molar-refractivity contribution is 5.75. The van der Waals surface area contributed by atoms with Gasteiger partial charge in [-0.15, -0.1) is 0 Å². The largest absolute Gasteiger partial charge is 0.389 e. The lowest BCUT2D eigenvalue weighted by atomic mass is 9.88. The molecule has 0 aliphatic carbocycles. The Hall–Kier alpha value is -1.40. The molecule has 0 aromatic carbocycles. The lowest BCUT2D eigenvalue weighted by Gasteiger charge is -2.39. The van der Waals surface area contributed by atoms with Crippen LogP contribution in [-0.2, 0) is 18.4 Å². The van der Waals surface area contributed by atoms with Crippen molar-refractivity contribution in [1.29, 1.82) is 0 Å². The van der Waals surface area contributed by atoms with Crippen LogP contribution in [0.4, 0.5) is 0 Å². The van der Waals surface area contributed by atoms with Crippen molar-refractivity contribution in [3.05, 3.63) is 18.2 Å². The van der Waals surface area contributed by atoms with Gasteiger partial charge in [-0.3, -0.25) is 9.69 Å². The lowest BCUT2D eigenvalue weighted by Crippen LogP contribution is -2.48. The van der Waals surface area contributed by atoms with Crippen molar-refractivity contribution in [1.82, 2.24) is 19.4 Å². The van der Waals surface area contributed by atoms with Crippen LogP contribution >= 0.6 is 0 Å². The number of aromatic nitrogens is 2. The summed E-state index contributed by atoms with van der Waals surface area (Å²) in [5.74, 6) is 1.08. The van der Waals surface area contributed by atoms with E-state index in [4.69, 9.17) is 0 Å². The molecular formula is C15H26N4O2. The molecule has 1 aromatic rings. The van der Waals surface area contributed by atoms with Crippen molar-refractivity contribution in [2.45, 2.75) is 37.8 Å². The molecule has 1 aliphatic rings. The third-order valence-electron chi connectivity index (χ3n) is 4.22. The number of aryl methyl sites for hydroxylation is 1. The van der Waals surface area contributed by atoms with E-state index < -0.39 is 5.60 Å². The first-order chi connectivity index (χ1) is 9.89. The monoisotopic (exact) mass is 294 g/mol. The summed E-state index contributed by atoms with van der Waals surface area (Å²) in [6.07, 6.45) is 6.38. The zero-order chi connectivity index (χ0) is 15.5. The summed E-state index contributed by atoms with van der Waals surface area (Å²) in [6.45, 7) is 2.32. The van der Waals surface area contributed by atoms with Crippen LogP contribution in [-0.4, -0.2) is 63.2 Å². The first kappa shape index (κ1) is 16.0. The molecule has 1 atom stereocenters. The van der Waals surface area contributed by atoms with Gasteiger partial charge in [0.25, 0.3) is 0 Å². The molecule has 1 unspecified atom stereocenters. The van der Waals surface area contributed by atoms with Gasteiger partial charge >= 0.3 is 0 Å². The molecule has 6 nitrogen and oxygen atoms in total. The molecule has 1 aromatic heterocycles. The van der Waals surface area contributed by atoms with Gasteiger partial charge < -0.3 is 14.6 Å². The van der Waals surface area contributed by atoms with Crippen LogP contribution < -0.4 is 0 Å². The molecule has 1 fully saturated rings. The average molecular weight is 294 g/mol. The van der Waals surface area contributed by atoms with E-state index >= 15 is 0 Å². The Kier molecular flexibility index (Phi) is 5.00. The molecule has 2 rings (SSSR count). The minimum atomic E-state index is -0.755. The summed E-state index contributed by atoms with van der Waals surface area (Å²) in [5.41, 5.74) is -0.755. The highest BCUT2D eigenvalue weighted by atomic mass is 16.3. The zero-order valence-corrected chi connectivity index (χ0v) is 13.2. The van der Waals surface area contributed by atoms with Crippen LogP contribution in [0, 0.1) is 0 Å². The zero-order valence-electron chi connectivity index (χ0n) is 13.2. The SMILES string of the molecule is CN(C)C(=O)CCC1(O)CCCN(Cc2nccn2C)C1. The second-order valence-electron chi connectivity index (χ2n) is 6.28. The van der Waals surface area contributed by atoms with E-state index in [9.17, 15) is 9.90 Å². The highest BCUT2D eigenvalue weighted by Crippen LogP contribution is 2.26. The molecule has 21 heavy (non-hydrogen) atoms. The van der Waals surface area contributed by atoms with Gasteiger partial charge in [0.2, 0.25) is 5.91 Å². The summed E-state index contributed by atoms with van der Waals surface area (Å²) in [4.78, 5) is 19.8. The number of carbonyl (C=O) groups excluding carboxylic acids is 1. The van der Waals surface area contributed by atoms with E-state index in [-0.39, 0.29) is 5.91 Å². The Morgan fingerprint density at radius 2 is 2.29 bits per heavy atom. The normalized spacial score (nSPS) is 23.2. The Morgan fingerprint density at radius 1 is 1.52 bits per heavy atom. The maximum Gasteiger partial charge on any atom is 0.222 e. The quantitative estimate of drug-likeness (QED) is 0.864. The molecule has 1 amide bonds. The number of rotatable bonds is 5. The van der Waals surface area contributed by atoms with Crippen molar-refractivity contribution in [2.75, 3.05) is 27.2 Å². The number of imidazole rings is 1. The molecule has 0 spiro atoms. The fourth-order valence-electron chi connectivity index (χ4n) is 2.86. The summed E-state index contributed by atoms with van der Waals surface area (Å²) in [6, 6.07) is 0. The third kappa shape index (κ3) is 4.28. The standard InChI is InChI=1S/C15H26N4O2/c1-17(2)14(20)5-7-15(21)6-4-9-19(12-15)11-13-16-8-10-18(13)3/h8,10,21H,4-7,9,11-12H2,1-3H3. The van der Waals surface area contributed by atoms with Gasteiger partial charge in [-0.25, -0.2) is 4.98 Å². The number of aliphatic hydroxyl groups is 1. The second-order valence-corrected chi connectivity index (χ2v) is 6.28. The van der Waals surface area contributed by atoms with E-state index in [2.05, 4.69) is 9.88 Å². The minimum absolute atomic E-state index is 0.0737. The Balaban J connectivity index is 1.90. The number of β-amino-alcohol motifs (C(OH)–C–C–N with tert-alkyl or cyclic N) is 1. The number of carbonyl (C=O) groups is 1. The van der Waals surface area contributed by atoms with E-state index in [1.807, 2.05) is 17.8 Å². The maximum absolute atomic E-state index is 11.7. The molecule has 1 aliphatic heterocycles. The number of likely N-dealkylation sites (tertiary alicyclic amines) is 1. The van der Waals surface area contributed by atoms with Gasteiger partial charge in [0, 0.05) is 46.5 Å². The van der Waals surface area contributed by atoms with E-state index in [1.54, 1.807) is 25.2 Å². The van der Waals surface area contributed by atoms with Crippen molar-refractivity contribution in [3.8, 4) is 0 Å². The van der Waals surface area contributed by atoms with Crippen molar-refractivity contribution >= 4 is 5.91 Å². The molecule has 0 saturated carbocycles. The number of piperidine rings is 1. The molecule has 0 radical (unpaired) electrons. The van der Waals surface area contributed by atoms with Gasteiger partial charge in [-0.1, -0.05) is 0 Å². The summed E-state index contributed by atoms with van der Waals surface area (Å²) in [5, 5.41) is 10.7. The minimum Gasteiger partial charge on any atom is -0.389 e. The van der Waals surface area contributed by atoms with E-state index in [0.717, 1.165) is 31.8 Å². The molecule has 6 heteroatoms. The van der Waals surface area contributed by atoms with Crippen LogP contribution in [0.25, 0.3) is 0 Å². The van der Waals surface area contributed by atoms with Gasteiger partial charge in [0.15, 0.2) is 0 Å².